The van der Waals surface area contributed by atoms with Gasteiger partial charge in [0.2, 0.25) is 5.91 Å². The maximum absolute atomic E-state index is 13.4. The molecule has 3 amide bonds. The van der Waals surface area contributed by atoms with Crippen LogP contribution in [0.15, 0.2) is 30.0 Å². The number of imide groups is 1. The molecule has 168 valence electrons. The topological polar surface area (TPSA) is 88.2 Å². The molecule has 1 aromatic carbocycles. The van der Waals surface area contributed by atoms with E-state index < -0.39 is 0 Å². The molecule has 0 bridgehead atoms. The van der Waals surface area contributed by atoms with E-state index in [9.17, 15) is 14.4 Å². The summed E-state index contributed by atoms with van der Waals surface area (Å²) in [5, 5.41) is 2.72. The number of benzene rings is 1. The molecule has 0 aromatic heterocycles. The minimum Gasteiger partial charge on any atom is -0.382 e. The van der Waals surface area contributed by atoms with Crippen molar-refractivity contribution in [1.29, 1.82) is 0 Å². The predicted molar refractivity (Wildman–Crippen MR) is 117 cm³/mol. The van der Waals surface area contributed by atoms with Crippen molar-refractivity contribution in [1.82, 2.24) is 9.80 Å². The first kappa shape index (κ1) is 23.0. The van der Waals surface area contributed by atoms with Gasteiger partial charge >= 0.3 is 0 Å². The van der Waals surface area contributed by atoms with Crippen LogP contribution in [0.1, 0.15) is 39.7 Å². The second kappa shape index (κ2) is 10.1. The van der Waals surface area contributed by atoms with Crippen LogP contribution in [-0.4, -0.2) is 72.6 Å². The van der Waals surface area contributed by atoms with Crippen molar-refractivity contribution in [2.24, 2.45) is 0 Å². The SMILES string of the molecule is CCOCCCN1C(=O)C(c2ccc(NC(C)=O)cc2)=C(N2CC(C)OC(C)C2)C1=O. The molecule has 0 radical (unpaired) electrons. The number of carbonyl (C=O) groups is 3. The molecule has 8 nitrogen and oxygen atoms in total. The molecule has 2 unspecified atom stereocenters. The molecule has 2 aliphatic heterocycles. The van der Waals surface area contributed by atoms with Gasteiger partial charge in [0.05, 0.1) is 17.8 Å². The van der Waals surface area contributed by atoms with E-state index >= 15 is 0 Å². The van der Waals surface area contributed by atoms with Gasteiger partial charge in [-0.3, -0.25) is 19.3 Å². The third-order valence-electron chi connectivity index (χ3n) is 5.25. The summed E-state index contributed by atoms with van der Waals surface area (Å²) in [5.74, 6) is -0.740. The second-order valence-electron chi connectivity index (χ2n) is 7.96. The van der Waals surface area contributed by atoms with Crippen LogP contribution in [0.5, 0.6) is 0 Å². The van der Waals surface area contributed by atoms with Gasteiger partial charge in [-0.2, -0.15) is 0 Å². The number of hydrogen-bond donors (Lipinski definition) is 1. The number of rotatable bonds is 8. The van der Waals surface area contributed by atoms with Crippen molar-refractivity contribution in [2.75, 3.05) is 38.2 Å². The zero-order valence-corrected chi connectivity index (χ0v) is 18.6. The van der Waals surface area contributed by atoms with E-state index in [0.29, 0.717) is 61.8 Å². The summed E-state index contributed by atoms with van der Waals surface area (Å²) in [7, 11) is 0. The highest BCUT2D eigenvalue weighted by Gasteiger charge is 2.42. The highest BCUT2D eigenvalue weighted by atomic mass is 16.5. The molecule has 1 fully saturated rings. The number of amides is 3. The first-order valence-electron chi connectivity index (χ1n) is 10.8. The van der Waals surface area contributed by atoms with Crippen LogP contribution in [0.3, 0.4) is 0 Å². The van der Waals surface area contributed by atoms with Gasteiger partial charge in [-0.15, -0.1) is 0 Å². The molecule has 31 heavy (non-hydrogen) atoms. The lowest BCUT2D eigenvalue weighted by atomic mass is 10.0. The maximum atomic E-state index is 13.4. The lowest BCUT2D eigenvalue weighted by Gasteiger charge is -2.37. The van der Waals surface area contributed by atoms with Crippen molar-refractivity contribution >= 4 is 29.0 Å². The van der Waals surface area contributed by atoms with E-state index in [0.717, 1.165) is 0 Å². The molecule has 1 aromatic rings. The molecule has 0 aliphatic carbocycles. The molecule has 2 heterocycles. The monoisotopic (exact) mass is 429 g/mol. The molecular weight excluding hydrogens is 398 g/mol. The van der Waals surface area contributed by atoms with Crippen LogP contribution >= 0.6 is 0 Å². The van der Waals surface area contributed by atoms with E-state index in [4.69, 9.17) is 9.47 Å². The van der Waals surface area contributed by atoms with Gasteiger partial charge in [-0.1, -0.05) is 12.1 Å². The van der Waals surface area contributed by atoms with Crippen molar-refractivity contribution in [3.8, 4) is 0 Å². The Morgan fingerprint density at radius 3 is 2.35 bits per heavy atom. The second-order valence-corrected chi connectivity index (χ2v) is 7.96. The Balaban J connectivity index is 1.94. The standard InChI is InChI=1S/C23H31N3O5/c1-5-30-12-6-11-26-22(28)20(18-7-9-19(10-8-18)24-17(4)27)21(23(26)29)25-13-15(2)31-16(3)14-25/h7-10,15-16H,5-6,11-14H2,1-4H3,(H,24,27). The Kier molecular flexibility index (Phi) is 7.46. The lowest BCUT2D eigenvalue weighted by molar-refractivity contribution is -0.138. The minimum atomic E-state index is -0.296. The van der Waals surface area contributed by atoms with E-state index in [2.05, 4.69) is 5.32 Å². The quantitative estimate of drug-likeness (QED) is 0.504. The van der Waals surface area contributed by atoms with Crippen LogP contribution in [0.4, 0.5) is 5.69 Å². The maximum Gasteiger partial charge on any atom is 0.277 e. The number of nitrogens with zero attached hydrogens (tertiary/aromatic N) is 2. The van der Waals surface area contributed by atoms with Crippen LogP contribution in [0, 0.1) is 0 Å². The number of carbonyl (C=O) groups excluding carboxylic acids is 3. The minimum absolute atomic E-state index is 0.0467. The average molecular weight is 430 g/mol. The highest BCUT2D eigenvalue weighted by Crippen LogP contribution is 2.33. The molecule has 3 rings (SSSR count). The van der Waals surface area contributed by atoms with Crippen molar-refractivity contribution in [2.45, 2.75) is 46.3 Å². The van der Waals surface area contributed by atoms with Crippen LogP contribution in [-0.2, 0) is 23.9 Å². The van der Waals surface area contributed by atoms with E-state index in [1.54, 1.807) is 24.3 Å². The van der Waals surface area contributed by atoms with Gasteiger partial charge in [-0.25, -0.2) is 0 Å². The Hall–Kier alpha value is -2.71. The predicted octanol–water partition coefficient (Wildman–Crippen LogP) is 2.26. The number of morpholine rings is 1. The Bertz CT molecular complexity index is 854. The largest absolute Gasteiger partial charge is 0.382 e. The van der Waals surface area contributed by atoms with E-state index in [1.807, 2.05) is 25.7 Å². The zero-order chi connectivity index (χ0) is 22.5. The Labute approximate surface area is 183 Å². The fraction of sp³-hybridized carbons (Fsp3) is 0.522. The van der Waals surface area contributed by atoms with Gasteiger partial charge in [0.1, 0.15) is 5.70 Å². The lowest BCUT2D eigenvalue weighted by Crippen LogP contribution is -2.47. The van der Waals surface area contributed by atoms with Gasteiger partial charge in [0, 0.05) is 45.5 Å². The Morgan fingerprint density at radius 1 is 1.13 bits per heavy atom. The van der Waals surface area contributed by atoms with Gasteiger partial charge in [0.25, 0.3) is 11.8 Å². The number of hydrogen-bond acceptors (Lipinski definition) is 6. The third kappa shape index (κ3) is 5.32. The van der Waals surface area contributed by atoms with Crippen molar-refractivity contribution in [3.63, 3.8) is 0 Å². The van der Waals surface area contributed by atoms with Crippen LogP contribution in [0.2, 0.25) is 0 Å². The number of nitrogens with one attached hydrogen (secondary N) is 1. The van der Waals surface area contributed by atoms with Gasteiger partial charge in [-0.05, 0) is 44.9 Å². The molecular formula is C23H31N3O5. The van der Waals surface area contributed by atoms with Crippen LogP contribution < -0.4 is 5.32 Å². The van der Waals surface area contributed by atoms with Crippen LogP contribution in [0.25, 0.3) is 5.57 Å². The van der Waals surface area contributed by atoms with Crippen molar-refractivity contribution < 1.29 is 23.9 Å². The molecule has 2 aliphatic rings. The summed E-state index contributed by atoms with van der Waals surface area (Å²) < 4.78 is 11.2. The Morgan fingerprint density at radius 2 is 1.77 bits per heavy atom. The van der Waals surface area contributed by atoms with Gasteiger partial charge in [0.15, 0.2) is 0 Å². The smallest absolute Gasteiger partial charge is 0.277 e. The summed E-state index contributed by atoms with van der Waals surface area (Å²) in [6, 6.07) is 7.01. The first-order chi connectivity index (χ1) is 14.8. The molecule has 1 saturated heterocycles. The summed E-state index contributed by atoms with van der Waals surface area (Å²) in [5.41, 5.74) is 2.12. The number of anilines is 1. The molecule has 8 heteroatoms. The van der Waals surface area contributed by atoms with Crippen molar-refractivity contribution in [3.05, 3.63) is 35.5 Å². The van der Waals surface area contributed by atoms with E-state index in [-0.39, 0.29) is 29.9 Å². The molecule has 0 spiro atoms. The first-order valence-corrected chi connectivity index (χ1v) is 10.8. The van der Waals surface area contributed by atoms with Gasteiger partial charge < -0.3 is 19.7 Å². The zero-order valence-electron chi connectivity index (χ0n) is 18.6. The normalized spacial score (nSPS) is 21.8. The fourth-order valence-electron chi connectivity index (χ4n) is 4.07. The summed E-state index contributed by atoms with van der Waals surface area (Å²) in [4.78, 5) is 41.3. The molecule has 2 atom stereocenters. The average Bonchev–Trinajstić information content (AvgIpc) is 2.95. The summed E-state index contributed by atoms with van der Waals surface area (Å²) in [6.07, 6.45) is 0.493. The number of ether oxygens (including phenoxy) is 2. The third-order valence-corrected chi connectivity index (χ3v) is 5.25. The summed E-state index contributed by atoms with van der Waals surface area (Å²) in [6.45, 7) is 9.76. The summed E-state index contributed by atoms with van der Waals surface area (Å²) >= 11 is 0. The fourth-order valence-corrected chi connectivity index (χ4v) is 4.07. The molecule has 1 N–H and O–H groups in total. The molecule has 0 saturated carbocycles. The van der Waals surface area contributed by atoms with E-state index in [1.165, 1.54) is 11.8 Å². The highest BCUT2D eigenvalue weighted by molar-refractivity contribution is 6.35.